The zero-order valence-electron chi connectivity index (χ0n) is 12.6. The SMILES string of the molecule is Cc1ccc(NC(C)C(=O)NC(C)(C)C)c(C(=O)O)c1. The highest BCUT2D eigenvalue weighted by Gasteiger charge is 2.20. The average molecular weight is 278 g/mol. The molecule has 0 aromatic heterocycles. The maximum Gasteiger partial charge on any atom is 0.337 e. The lowest BCUT2D eigenvalue weighted by Crippen LogP contribution is -2.47. The van der Waals surface area contributed by atoms with Crippen LogP contribution in [0.4, 0.5) is 5.69 Å². The molecule has 20 heavy (non-hydrogen) atoms. The van der Waals surface area contributed by atoms with Crippen LogP contribution < -0.4 is 10.6 Å². The largest absolute Gasteiger partial charge is 0.478 e. The molecule has 1 aromatic rings. The first-order valence-electron chi connectivity index (χ1n) is 6.52. The third-order valence-corrected chi connectivity index (χ3v) is 2.67. The number of benzene rings is 1. The summed E-state index contributed by atoms with van der Waals surface area (Å²) in [4.78, 5) is 23.2. The standard InChI is InChI=1S/C15H22N2O3/c1-9-6-7-12(11(8-9)14(19)20)16-10(2)13(18)17-15(3,4)5/h6-8,10,16H,1-5H3,(H,17,18)(H,19,20). The number of hydrogen-bond acceptors (Lipinski definition) is 3. The highest BCUT2D eigenvalue weighted by Crippen LogP contribution is 2.18. The van der Waals surface area contributed by atoms with Crippen LogP contribution in [0.2, 0.25) is 0 Å². The van der Waals surface area contributed by atoms with Gasteiger partial charge in [-0.3, -0.25) is 4.79 Å². The van der Waals surface area contributed by atoms with E-state index in [0.29, 0.717) is 5.69 Å². The molecule has 110 valence electrons. The number of amides is 1. The van der Waals surface area contributed by atoms with Crippen molar-refractivity contribution >= 4 is 17.6 Å². The Labute approximate surface area is 119 Å². The number of carboxylic acids is 1. The van der Waals surface area contributed by atoms with E-state index in [1.54, 1.807) is 19.1 Å². The van der Waals surface area contributed by atoms with Gasteiger partial charge in [0.2, 0.25) is 5.91 Å². The third kappa shape index (κ3) is 4.57. The Balaban J connectivity index is 2.88. The quantitative estimate of drug-likeness (QED) is 0.790. The van der Waals surface area contributed by atoms with E-state index in [1.807, 2.05) is 33.8 Å². The summed E-state index contributed by atoms with van der Waals surface area (Å²) in [5.41, 5.74) is 1.15. The van der Waals surface area contributed by atoms with Gasteiger partial charge in [-0.15, -0.1) is 0 Å². The summed E-state index contributed by atoms with van der Waals surface area (Å²) in [5.74, 6) is -1.19. The van der Waals surface area contributed by atoms with Crippen LogP contribution in [-0.4, -0.2) is 28.6 Å². The monoisotopic (exact) mass is 278 g/mol. The van der Waals surface area contributed by atoms with Gasteiger partial charge >= 0.3 is 5.97 Å². The van der Waals surface area contributed by atoms with Crippen molar-refractivity contribution in [2.75, 3.05) is 5.32 Å². The molecule has 1 amide bonds. The Morgan fingerprint density at radius 2 is 1.85 bits per heavy atom. The molecule has 0 spiro atoms. The molecule has 5 heteroatoms. The van der Waals surface area contributed by atoms with E-state index in [0.717, 1.165) is 5.56 Å². The second kappa shape index (κ2) is 5.94. The van der Waals surface area contributed by atoms with Gasteiger partial charge in [-0.2, -0.15) is 0 Å². The van der Waals surface area contributed by atoms with Crippen molar-refractivity contribution in [3.63, 3.8) is 0 Å². The molecule has 0 aliphatic heterocycles. The summed E-state index contributed by atoms with van der Waals surface area (Å²) in [6, 6.07) is 4.55. The fourth-order valence-electron chi connectivity index (χ4n) is 1.74. The number of aromatic carboxylic acids is 1. The van der Waals surface area contributed by atoms with Gasteiger partial charge in [0.1, 0.15) is 6.04 Å². The minimum Gasteiger partial charge on any atom is -0.478 e. The lowest BCUT2D eigenvalue weighted by Gasteiger charge is -2.24. The molecule has 5 nitrogen and oxygen atoms in total. The van der Waals surface area contributed by atoms with Crippen LogP contribution in [-0.2, 0) is 4.79 Å². The molecule has 1 atom stereocenters. The van der Waals surface area contributed by atoms with Gasteiger partial charge in [0.15, 0.2) is 0 Å². The second-order valence-corrected chi connectivity index (χ2v) is 5.96. The van der Waals surface area contributed by atoms with Gasteiger partial charge in [0.05, 0.1) is 5.56 Å². The maximum atomic E-state index is 12.0. The van der Waals surface area contributed by atoms with Crippen LogP contribution in [0, 0.1) is 6.92 Å². The molecule has 0 bridgehead atoms. The highest BCUT2D eigenvalue weighted by molar-refractivity contribution is 5.95. The molecule has 0 aliphatic carbocycles. The van der Waals surface area contributed by atoms with Crippen LogP contribution in [0.5, 0.6) is 0 Å². The van der Waals surface area contributed by atoms with E-state index in [4.69, 9.17) is 0 Å². The molecular weight excluding hydrogens is 256 g/mol. The van der Waals surface area contributed by atoms with E-state index < -0.39 is 12.0 Å². The molecule has 0 fully saturated rings. The van der Waals surface area contributed by atoms with Crippen molar-refractivity contribution < 1.29 is 14.7 Å². The van der Waals surface area contributed by atoms with Gasteiger partial charge in [-0.05, 0) is 46.8 Å². The lowest BCUT2D eigenvalue weighted by molar-refractivity contribution is -0.122. The zero-order valence-corrected chi connectivity index (χ0v) is 12.6. The Morgan fingerprint density at radius 1 is 1.25 bits per heavy atom. The van der Waals surface area contributed by atoms with E-state index >= 15 is 0 Å². The van der Waals surface area contributed by atoms with Crippen LogP contribution in [0.15, 0.2) is 18.2 Å². The molecule has 0 heterocycles. The first-order valence-corrected chi connectivity index (χ1v) is 6.52. The highest BCUT2D eigenvalue weighted by atomic mass is 16.4. The van der Waals surface area contributed by atoms with Crippen molar-refractivity contribution in [3.05, 3.63) is 29.3 Å². The number of carboxylic acid groups (broad SMARTS) is 1. The van der Waals surface area contributed by atoms with Crippen LogP contribution in [0.25, 0.3) is 0 Å². The number of rotatable bonds is 4. The summed E-state index contributed by atoms with van der Waals surface area (Å²) < 4.78 is 0. The maximum absolute atomic E-state index is 12.0. The van der Waals surface area contributed by atoms with Crippen molar-refractivity contribution in [3.8, 4) is 0 Å². The fourth-order valence-corrected chi connectivity index (χ4v) is 1.74. The Kier molecular flexibility index (Phi) is 4.76. The molecule has 0 saturated carbocycles. The summed E-state index contributed by atoms with van der Waals surface area (Å²) >= 11 is 0. The van der Waals surface area contributed by atoms with E-state index in [2.05, 4.69) is 10.6 Å². The summed E-state index contributed by atoms with van der Waals surface area (Å²) in [6.45, 7) is 9.21. The van der Waals surface area contributed by atoms with Gasteiger partial charge in [-0.25, -0.2) is 4.79 Å². The molecule has 1 rings (SSSR count). The van der Waals surface area contributed by atoms with Crippen molar-refractivity contribution in [2.45, 2.75) is 46.2 Å². The summed E-state index contributed by atoms with van der Waals surface area (Å²) in [6.07, 6.45) is 0. The molecule has 1 aromatic carbocycles. The number of nitrogens with one attached hydrogen (secondary N) is 2. The first kappa shape index (κ1) is 16.0. The normalized spacial score (nSPS) is 12.7. The van der Waals surface area contributed by atoms with E-state index in [-0.39, 0.29) is 17.0 Å². The number of carbonyl (C=O) groups excluding carboxylic acids is 1. The number of aryl methyl sites for hydroxylation is 1. The number of hydrogen-bond donors (Lipinski definition) is 3. The van der Waals surface area contributed by atoms with Gasteiger partial charge in [0, 0.05) is 11.2 Å². The Morgan fingerprint density at radius 3 is 2.35 bits per heavy atom. The van der Waals surface area contributed by atoms with E-state index in [9.17, 15) is 14.7 Å². The van der Waals surface area contributed by atoms with Gasteiger partial charge in [-0.1, -0.05) is 11.6 Å². The molecule has 0 radical (unpaired) electrons. The molecule has 1 unspecified atom stereocenters. The first-order chi connectivity index (χ1) is 9.10. The van der Waals surface area contributed by atoms with Crippen molar-refractivity contribution in [1.29, 1.82) is 0 Å². The lowest BCUT2D eigenvalue weighted by atomic mass is 10.1. The second-order valence-electron chi connectivity index (χ2n) is 5.96. The third-order valence-electron chi connectivity index (χ3n) is 2.67. The summed E-state index contributed by atoms with van der Waals surface area (Å²) in [7, 11) is 0. The minimum atomic E-state index is -1.01. The Bertz CT molecular complexity index is 518. The fraction of sp³-hybridized carbons (Fsp3) is 0.467. The predicted molar refractivity (Wildman–Crippen MR) is 79.1 cm³/mol. The molecular formula is C15H22N2O3. The topological polar surface area (TPSA) is 78.4 Å². The molecule has 0 saturated heterocycles. The zero-order chi connectivity index (χ0) is 15.5. The van der Waals surface area contributed by atoms with Gasteiger partial charge in [0.25, 0.3) is 0 Å². The van der Waals surface area contributed by atoms with Gasteiger partial charge < -0.3 is 15.7 Å². The van der Waals surface area contributed by atoms with Crippen molar-refractivity contribution in [2.24, 2.45) is 0 Å². The van der Waals surface area contributed by atoms with Crippen LogP contribution >= 0.6 is 0 Å². The van der Waals surface area contributed by atoms with Crippen molar-refractivity contribution in [1.82, 2.24) is 5.32 Å². The van der Waals surface area contributed by atoms with Crippen LogP contribution in [0.1, 0.15) is 43.6 Å². The predicted octanol–water partition coefficient (Wildman–Crippen LogP) is 2.41. The smallest absolute Gasteiger partial charge is 0.337 e. The van der Waals surface area contributed by atoms with Crippen LogP contribution in [0.3, 0.4) is 0 Å². The number of carbonyl (C=O) groups is 2. The number of anilines is 1. The summed E-state index contributed by atoms with van der Waals surface area (Å²) in [5, 5.41) is 15.0. The van der Waals surface area contributed by atoms with E-state index in [1.165, 1.54) is 0 Å². The Hall–Kier alpha value is -2.04. The average Bonchev–Trinajstić information content (AvgIpc) is 2.28. The molecule has 0 aliphatic rings. The minimum absolute atomic E-state index is 0.167. The molecule has 3 N–H and O–H groups in total.